The number of carbonyl (C=O) groups is 2. The minimum absolute atomic E-state index is 0.708. The molecule has 0 aliphatic heterocycles. The second-order valence-electron chi connectivity index (χ2n) is 1.62. The van der Waals surface area contributed by atoms with E-state index in [1.165, 1.54) is 6.08 Å². The van der Waals surface area contributed by atoms with Crippen LogP contribution in [0.5, 0.6) is 0 Å². The molecule has 0 aliphatic rings. The maximum absolute atomic E-state index is 9.40. The Morgan fingerprint density at radius 1 is 1.30 bits per heavy atom. The van der Waals surface area contributed by atoms with Crippen molar-refractivity contribution in [3.8, 4) is 0 Å². The predicted molar refractivity (Wildman–Crippen MR) is 41.9 cm³/mol. The molecule has 2 heteroatoms. The van der Waals surface area contributed by atoms with Crippen molar-refractivity contribution in [3.05, 3.63) is 12.2 Å². The van der Waals surface area contributed by atoms with E-state index in [9.17, 15) is 9.59 Å². The Kier molecular flexibility index (Phi) is 18.6. The molecule has 0 aromatic heterocycles. The highest BCUT2D eigenvalue weighted by Gasteiger charge is 1.66. The topological polar surface area (TPSA) is 34.1 Å². The Balaban J connectivity index is 0. The Morgan fingerprint density at radius 3 is 1.90 bits per heavy atom. The van der Waals surface area contributed by atoms with Crippen molar-refractivity contribution in [1.82, 2.24) is 0 Å². The molecular weight excluding hydrogens is 128 g/mol. The molecule has 0 rings (SSSR count). The minimum atomic E-state index is 0.708. The molecular formula is C8H14O2. The molecule has 0 saturated carbocycles. The first-order valence-electron chi connectivity index (χ1n) is 3.33. The van der Waals surface area contributed by atoms with Crippen LogP contribution in [0.4, 0.5) is 0 Å². The number of aldehydes is 2. The van der Waals surface area contributed by atoms with Gasteiger partial charge in [0.2, 0.25) is 0 Å². The lowest BCUT2D eigenvalue weighted by atomic mass is 10.4. The number of hydrogen-bond donors (Lipinski definition) is 0. The third-order valence-electron chi connectivity index (χ3n) is 0.678. The van der Waals surface area contributed by atoms with Crippen molar-refractivity contribution >= 4 is 12.6 Å². The summed E-state index contributed by atoms with van der Waals surface area (Å²) in [6, 6.07) is 0. The second-order valence-corrected chi connectivity index (χ2v) is 1.62. The summed E-state index contributed by atoms with van der Waals surface area (Å²) in [7, 11) is 0. The van der Waals surface area contributed by atoms with Gasteiger partial charge < -0.3 is 4.79 Å². The lowest BCUT2D eigenvalue weighted by Crippen LogP contribution is -1.64. The highest BCUT2D eigenvalue weighted by molar-refractivity contribution is 5.64. The Labute approximate surface area is 61.9 Å². The van der Waals surface area contributed by atoms with Crippen LogP contribution in [0.25, 0.3) is 0 Å². The van der Waals surface area contributed by atoms with Gasteiger partial charge in [0, 0.05) is 6.42 Å². The molecule has 0 radical (unpaired) electrons. The Bertz CT molecular complexity index is 95.4. The zero-order valence-corrected chi connectivity index (χ0v) is 6.54. The lowest BCUT2D eigenvalue weighted by Gasteiger charge is -1.68. The van der Waals surface area contributed by atoms with Gasteiger partial charge in [0.15, 0.2) is 0 Å². The zero-order chi connectivity index (χ0) is 8.24. The third-order valence-corrected chi connectivity index (χ3v) is 0.678. The SMILES string of the molecule is CC=CC=O.CCCC=O. The second kappa shape index (κ2) is 15.7. The number of rotatable bonds is 3. The monoisotopic (exact) mass is 142 g/mol. The standard InChI is InChI=1S/C4H8O.C4H6O/c2*1-2-3-4-5/h4H,2-3H2,1H3;2-4H,1H3. The van der Waals surface area contributed by atoms with Crippen molar-refractivity contribution in [1.29, 1.82) is 0 Å². The lowest BCUT2D eigenvalue weighted by molar-refractivity contribution is -0.108. The van der Waals surface area contributed by atoms with Crippen LogP contribution in [-0.4, -0.2) is 12.6 Å². The van der Waals surface area contributed by atoms with E-state index < -0.39 is 0 Å². The first-order valence-corrected chi connectivity index (χ1v) is 3.33. The first kappa shape index (κ1) is 11.8. The van der Waals surface area contributed by atoms with Crippen molar-refractivity contribution in [2.75, 3.05) is 0 Å². The molecule has 0 N–H and O–H groups in total. The van der Waals surface area contributed by atoms with Crippen LogP contribution in [0.1, 0.15) is 26.7 Å². The fraction of sp³-hybridized carbons (Fsp3) is 0.500. The summed E-state index contributed by atoms with van der Waals surface area (Å²) < 4.78 is 0. The number of hydrogen-bond acceptors (Lipinski definition) is 2. The summed E-state index contributed by atoms with van der Waals surface area (Å²) in [6.45, 7) is 3.78. The average Bonchev–Trinajstić information content (AvgIpc) is 1.93. The van der Waals surface area contributed by atoms with Gasteiger partial charge in [-0.05, 0) is 19.4 Å². The molecule has 0 aromatic rings. The highest BCUT2D eigenvalue weighted by atomic mass is 16.1. The number of unbranched alkanes of at least 4 members (excludes halogenated alkanes) is 1. The molecule has 0 unspecified atom stereocenters. The van der Waals surface area contributed by atoms with Gasteiger partial charge >= 0.3 is 0 Å². The molecule has 0 heterocycles. The molecule has 0 aromatic carbocycles. The normalized spacial score (nSPS) is 8.20. The van der Waals surface area contributed by atoms with Gasteiger partial charge in [-0.25, -0.2) is 0 Å². The maximum atomic E-state index is 9.40. The summed E-state index contributed by atoms with van der Waals surface area (Å²) in [6.07, 6.45) is 6.50. The molecule has 2 nitrogen and oxygen atoms in total. The quantitative estimate of drug-likeness (QED) is 0.444. The summed E-state index contributed by atoms with van der Waals surface area (Å²) in [4.78, 5) is 18.7. The molecule has 0 spiro atoms. The fourth-order valence-electron chi connectivity index (χ4n) is 0.196. The van der Waals surface area contributed by atoms with E-state index in [4.69, 9.17) is 0 Å². The van der Waals surface area contributed by atoms with E-state index in [0.717, 1.165) is 19.0 Å². The van der Waals surface area contributed by atoms with Crippen molar-refractivity contribution in [3.63, 3.8) is 0 Å². The van der Waals surface area contributed by atoms with Gasteiger partial charge in [0.1, 0.15) is 12.6 Å². The van der Waals surface area contributed by atoms with Crippen molar-refractivity contribution in [2.24, 2.45) is 0 Å². The van der Waals surface area contributed by atoms with Gasteiger partial charge in [-0.3, -0.25) is 4.79 Å². The third kappa shape index (κ3) is 27.6. The molecule has 0 saturated heterocycles. The van der Waals surface area contributed by atoms with Crippen LogP contribution in [0.3, 0.4) is 0 Å². The van der Waals surface area contributed by atoms with E-state index in [1.807, 2.05) is 6.92 Å². The largest absolute Gasteiger partial charge is 0.303 e. The van der Waals surface area contributed by atoms with Gasteiger partial charge in [0.25, 0.3) is 0 Å². The van der Waals surface area contributed by atoms with Crippen LogP contribution in [0.15, 0.2) is 12.2 Å². The Morgan fingerprint density at radius 2 is 1.90 bits per heavy atom. The van der Waals surface area contributed by atoms with Crippen molar-refractivity contribution in [2.45, 2.75) is 26.7 Å². The molecule has 0 amide bonds. The summed E-state index contributed by atoms with van der Waals surface area (Å²) in [5, 5.41) is 0. The van der Waals surface area contributed by atoms with Crippen LogP contribution in [0.2, 0.25) is 0 Å². The molecule has 58 valence electrons. The average molecular weight is 142 g/mol. The summed E-state index contributed by atoms with van der Waals surface area (Å²) in [5.74, 6) is 0. The molecule has 0 fully saturated rings. The van der Waals surface area contributed by atoms with Gasteiger partial charge in [-0.15, -0.1) is 0 Å². The smallest absolute Gasteiger partial charge is 0.142 e. The van der Waals surface area contributed by atoms with Crippen molar-refractivity contribution < 1.29 is 9.59 Å². The number of allylic oxidation sites excluding steroid dienone is 2. The van der Waals surface area contributed by atoms with E-state index in [2.05, 4.69) is 0 Å². The van der Waals surface area contributed by atoms with E-state index in [0.29, 0.717) is 6.42 Å². The van der Waals surface area contributed by atoms with Gasteiger partial charge in [-0.2, -0.15) is 0 Å². The predicted octanol–water partition coefficient (Wildman–Crippen LogP) is 1.75. The molecule has 0 aliphatic carbocycles. The van der Waals surface area contributed by atoms with Gasteiger partial charge in [0.05, 0.1) is 0 Å². The molecule has 0 atom stereocenters. The van der Waals surface area contributed by atoms with Crippen LogP contribution in [0, 0.1) is 0 Å². The maximum Gasteiger partial charge on any atom is 0.142 e. The number of carbonyl (C=O) groups excluding carboxylic acids is 2. The van der Waals surface area contributed by atoms with Crippen LogP contribution in [-0.2, 0) is 9.59 Å². The zero-order valence-electron chi connectivity index (χ0n) is 6.54. The summed E-state index contributed by atoms with van der Waals surface area (Å²) >= 11 is 0. The highest BCUT2D eigenvalue weighted by Crippen LogP contribution is 1.74. The van der Waals surface area contributed by atoms with Gasteiger partial charge in [-0.1, -0.05) is 13.0 Å². The van der Waals surface area contributed by atoms with Crippen LogP contribution < -0.4 is 0 Å². The molecule has 10 heavy (non-hydrogen) atoms. The summed E-state index contributed by atoms with van der Waals surface area (Å²) in [5.41, 5.74) is 0. The fourth-order valence-corrected chi connectivity index (χ4v) is 0.196. The van der Waals surface area contributed by atoms with Crippen LogP contribution >= 0.6 is 0 Å². The van der Waals surface area contributed by atoms with E-state index in [-0.39, 0.29) is 0 Å². The van der Waals surface area contributed by atoms with E-state index in [1.54, 1.807) is 13.0 Å². The van der Waals surface area contributed by atoms with E-state index >= 15 is 0 Å². The first-order chi connectivity index (χ1) is 4.83. The minimum Gasteiger partial charge on any atom is -0.303 e. The Hall–Kier alpha value is -0.920. The molecule has 0 bridgehead atoms.